The minimum Gasteiger partial charge on any atom is -0.324 e. The van der Waals surface area contributed by atoms with Gasteiger partial charge in [-0.25, -0.2) is 4.52 Å². The van der Waals surface area contributed by atoms with Gasteiger partial charge in [0, 0.05) is 42.1 Å². The van der Waals surface area contributed by atoms with Crippen LogP contribution in [0, 0.1) is 12.8 Å². The van der Waals surface area contributed by atoms with Crippen molar-refractivity contribution >= 4 is 28.7 Å². The molecule has 0 radical (unpaired) electrons. The minimum absolute atomic E-state index is 0.0605. The first-order valence-corrected chi connectivity index (χ1v) is 13.7. The first-order valence-electron chi connectivity index (χ1n) is 13.7. The van der Waals surface area contributed by atoms with Crippen LogP contribution in [0.25, 0.3) is 16.6 Å². The fourth-order valence-electron chi connectivity index (χ4n) is 6.38. The highest BCUT2D eigenvalue weighted by Crippen LogP contribution is 2.34. The maximum Gasteiger partial charge on any atom is 0.278 e. The lowest BCUT2D eigenvalue weighted by molar-refractivity contribution is -0.119. The summed E-state index contributed by atoms with van der Waals surface area (Å²) in [6, 6.07) is 6.09. The molecule has 4 aromatic heterocycles. The Morgan fingerprint density at radius 1 is 1.10 bits per heavy atom. The van der Waals surface area contributed by atoms with Gasteiger partial charge in [0.05, 0.1) is 41.5 Å². The van der Waals surface area contributed by atoms with E-state index in [4.69, 9.17) is 0 Å². The highest BCUT2D eigenvalue weighted by molar-refractivity contribution is 6.08. The zero-order valence-electron chi connectivity index (χ0n) is 21.9. The van der Waals surface area contributed by atoms with Crippen LogP contribution in [0.5, 0.6) is 0 Å². The van der Waals surface area contributed by atoms with E-state index in [1.54, 1.807) is 16.8 Å². The van der Waals surface area contributed by atoms with E-state index in [9.17, 15) is 9.59 Å². The van der Waals surface area contributed by atoms with Crippen LogP contribution in [0.2, 0.25) is 0 Å². The number of rotatable bonds is 6. The molecule has 4 aliphatic rings. The van der Waals surface area contributed by atoms with Gasteiger partial charge in [0.25, 0.3) is 5.91 Å². The second kappa shape index (κ2) is 9.57. The lowest BCUT2D eigenvalue weighted by atomic mass is 9.80. The van der Waals surface area contributed by atoms with Crippen molar-refractivity contribution in [2.45, 2.75) is 58.0 Å². The number of nitrogens with zero attached hydrogens (tertiary/aromatic N) is 7. The number of hydrogen-bond donors (Lipinski definition) is 2. The Bertz CT molecular complexity index is 1580. The van der Waals surface area contributed by atoms with E-state index in [-0.39, 0.29) is 17.5 Å². The van der Waals surface area contributed by atoms with Crippen molar-refractivity contribution in [3.05, 3.63) is 53.9 Å². The van der Waals surface area contributed by atoms with Crippen LogP contribution in [0.1, 0.15) is 54.0 Å². The zero-order chi connectivity index (χ0) is 26.5. The summed E-state index contributed by atoms with van der Waals surface area (Å²) in [5.41, 5.74) is 5.83. The van der Waals surface area contributed by atoms with E-state index in [1.165, 1.54) is 31.4 Å². The molecule has 2 bridgehead atoms. The largest absolute Gasteiger partial charge is 0.324 e. The number of carbonyl (C=O) groups excluding carboxylic acids is 2. The molecular weight excluding hydrogens is 494 g/mol. The van der Waals surface area contributed by atoms with Crippen molar-refractivity contribution < 1.29 is 9.59 Å². The molecule has 2 saturated heterocycles. The molecule has 0 spiro atoms. The molecule has 1 saturated carbocycles. The predicted octanol–water partition coefficient (Wildman–Crippen LogP) is 3.31. The summed E-state index contributed by atoms with van der Waals surface area (Å²) in [6.07, 6.45) is 12.4. The quantitative estimate of drug-likeness (QED) is 0.396. The van der Waals surface area contributed by atoms with Crippen molar-refractivity contribution in [1.29, 1.82) is 0 Å². The topological polar surface area (TPSA) is 122 Å². The van der Waals surface area contributed by atoms with E-state index in [0.29, 0.717) is 35.2 Å². The number of aromatic nitrogens is 6. The van der Waals surface area contributed by atoms with Gasteiger partial charge in [-0.2, -0.15) is 5.10 Å². The number of piperidine rings is 2. The number of carbonyl (C=O) groups is 2. The van der Waals surface area contributed by atoms with Gasteiger partial charge in [-0.3, -0.25) is 24.2 Å². The molecule has 4 aromatic rings. The molecule has 11 heteroatoms. The van der Waals surface area contributed by atoms with Gasteiger partial charge in [-0.05, 0) is 63.5 Å². The van der Waals surface area contributed by atoms with Gasteiger partial charge in [0.15, 0.2) is 5.69 Å². The first kappa shape index (κ1) is 24.0. The third kappa shape index (κ3) is 4.46. The standard InChI is InChI=1S/C28H31N9O2/c1-17-23(11-20(12-29-17)31-26(38)16-35-14-18-4-7-21(35)8-5-18)32-28(39)27-25-9-6-19(15-37(25)34-33-27)22-13-30-36-10-2-3-24(22)36/h6,9,11-13,15,18,21H,2-5,7-8,10,14,16H2,1H3,(H,31,38)(H,32,39). The lowest BCUT2D eigenvalue weighted by Gasteiger charge is -2.44. The third-order valence-electron chi connectivity index (χ3n) is 8.46. The number of fused-ring (bicyclic) bond motifs is 5. The number of aryl methyl sites for hydroxylation is 2. The summed E-state index contributed by atoms with van der Waals surface area (Å²) in [5.74, 6) is 0.272. The number of amides is 2. The maximum absolute atomic E-state index is 13.2. The average Bonchev–Trinajstić information content (AvgIpc) is 3.67. The minimum atomic E-state index is -0.387. The van der Waals surface area contributed by atoms with Crippen LogP contribution < -0.4 is 10.6 Å². The molecule has 2 N–H and O–H groups in total. The molecule has 3 aliphatic heterocycles. The summed E-state index contributed by atoms with van der Waals surface area (Å²) in [5, 5.41) is 18.7. The SMILES string of the molecule is Cc1ncc(NC(=O)CN2CC3CCC2CC3)cc1NC(=O)c1nnn2cc(-c3cnn4c3CCC4)ccc12. The molecule has 0 atom stereocenters. The second-order valence-electron chi connectivity index (χ2n) is 11.0. The number of anilines is 2. The van der Waals surface area contributed by atoms with Crippen LogP contribution >= 0.6 is 0 Å². The number of pyridine rings is 2. The molecule has 2 amide bonds. The molecule has 0 aromatic carbocycles. The van der Waals surface area contributed by atoms with Crippen LogP contribution in [0.3, 0.4) is 0 Å². The van der Waals surface area contributed by atoms with Crippen LogP contribution in [-0.2, 0) is 17.8 Å². The van der Waals surface area contributed by atoms with Crippen molar-refractivity contribution in [3.8, 4) is 11.1 Å². The van der Waals surface area contributed by atoms with Crippen LogP contribution in [0.4, 0.5) is 11.4 Å². The van der Waals surface area contributed by atoms with Crippen molar-refractivity contribution in [2.75, 3.05) is 23.7 Å². The first-order chi connectivity index (χ1) is 19.0. The Balaban J connectivity index is 1.05. The van der Waals surface area contributed by atoms with E-state index in [0.717, 1.165) is 43.0 Å². The molecular formula is C28H31N9O2. The summed E-state index contributed by atoms with van der Waals surface area (Å²) in [4.78, 5) is 32.7. The second-order valence-corrected chi connectivity index (χ2v) is 11.0. The predicted molar refractivity (Wildman–Crippen MR) is 145 cm³/mol. The average molecular weight is 526 g/mol. The van der Waals surface area contributed by atoms with Crippen LogP contribution in [0.15, 0.2) is 36.8 Å². The summed E-state index contributed by atoms with van der Waals surface area (Å²) in [6.45, 7) is 4.15. The van der Waals surface area contributed by atoms with Crippen LogP contribution in [-0.4, -0.2) is 65.4 Å². The van der Waals surface area contributed by atoms with Gasteiger partial charge in [-0.1, -0.05) is 11.3 Å². The molecule has 0 unspecified atom stereocenters. The highest BCUT2D eigenvalue weighted by Gasteiger charge is 2.34. The van der Waals surface area contributed by atoms with Gasteiger partial charge in [0.1, 0.15) is 0 Å². The Morgan fingerprint density at radius 2 is 1.97 bits per heavy atom. The van der Waals surface area contributed by atoms with E-state index < -0.39 is 0 Å². The summed E-state index contributed by atoms with van der Waals surface area (Å²) >= 11 is 0. The van der Waals surface area contributed by atoms with E-state index in [1.807, 2.05) is 36.1 Å². The summed E-state index contributed by atoms with van der Waals surface area (Å²) < 4.78 is 3.67. The zero-order valence-corrected chi connectivity index (χ0v) is 21.9. The Morgan fingerprint density at radius 3 is 2.79 bits per heavy atom. The molecule has 7 heterocycles. The molecule has 39 heavy (non-hydrogen) atoms. The van der Waals surface area contributed by atoms with Crippen molar-refractivity contribution in [2.24, 2.45) is 5.92 Å². The lowest BCUT2D eigenvalue weighted by Crippen LogP contribution is -2.50. The van der Waals surface area contributed by atoms with Crippen molar-refractivity contribution in [3.63, 3.8) is 0 Å². The van der Waals surface area contributed by atoms with Gasteiger partial charge < -0.3 is 10.6 Å². The molecule has 200 valence electrons. The number of nitrogens with one attached hydrogen (secondary N) is 2. The van der Waals surface area contributed by atoms with Gasteiger partial charge >= 0.3 is 0 Å². The molecule has 8 rings (SSSR count). The molecule has 11 nitrogen and oxygen atoms in total. The Hall–Kier alpha value is -4.12. The van der Waals surface area contributed by atoms with Crippen molar-refractivity contribution in [1.82, 2.24) is 34.5 Å². The Labute approximate surface area is 225 Å². The van der Waals surface area contributed by atoms with Gasteiger partial charge in [-0.15, -0.1) is 5.10 Å². The third-order valence-corrected chi connectivity index (χ3v) is 8.46. The smallest absolute Gasteiger partial charge is 0.278 e. The monoisotopic (exact) mass is 525 g/mol. The fourth-order valence-corrected chi connectivity index (χ4v) is 6.38. The number of hydrogen-bond acceptors (Lipinski definition) is 7. The fraction of sp³-hybridized carbons (Fsp3) is 0.429. The normalized spacial score (nSPS) is 20.3. The molecule has 1 aliphatic carbocycles. The van der Waals surface area contributed by atoms with E-state index in [2.05, 4.69) is 35.9 Å². The highest BCUT2D eigenvalue weighted by atomic mass is 16.2. The molecule has 3 fully saturated rings. The maximum atomic E-state index is 13.2. The van der Waals surface area contributed by atoms with E-state index >= 15 is 0 Å². The van der Waals surface area contributed by atoms with Gasteiger partial charge in [0.2, 0.25) is 5.91 Å². The Kier molecular flexibility index (Phi) is 5.88. The summed E-state index contributed by atoms with van der Waals surface area (Å²) in [7, 11) is 0.